The van der Waals surface area contributed by atoms with Crippen molar-refractivity contribution in [1.29, 1.82) is 0 Å². The third kappa shape index (κ3) is 6.02. The van der Waals surface area contributed by atoms with Gasteiger partial charge in [0.05, 0.1) is 6.61 Å². The summed E-state index contributed by atoms with van der Waals surface area (Å²) in [7, 11) is 0. The number of nitrogens with zero attached hydrogens (tertiary/aromatic N) is 1. The summed E-state index contributed by atoms with van der Waals surface area (Å²) in [6.45, 7) is 3.04. The van der Waals surface area contributed by atoms with Crippen LogP contribution in [-0.4, -0.2) is 28.6 Å². The summed E-state index contributed by atoms with van der Waals surface area (Å²) in [5.41, 5.74) is 2.78. The molecule has 0 fully saturated rings. The molecule has 0 saturated carbocycles. The van der Waals surface area contributed by atoms with Gasteiger partial charge in [-0.05, 0) is 35.7 Å². The molecule has 0 aliphatic heterocycles. The molecule has 2 atom stereocenters. The molecule has 0 heterocycles. The highest BCUT2D eigenvalue weighted by atomic mass is 79.9. The molecule has 0 aliphatic rings. The second kappa shape index (κ2) is 11.1. The maximum absolute atomic E-state index is 13.0. The molecule has 0 aromatic heterocycles. The highest BCUT2D eigenvalue weighted by Gasteiger charge is 2.35. The first-order valence-electron chi connectivity index (χ1n) is 10.0. The molecular formula is C25H26BrNO3. The first kappa shape index (κ1) is 22.2. The Kier molecular flexibility index (Phi) is 8.20. The third-order valence-corrected chi connectivity index (χ3v) is 5.36. The number of ether oxygens (including phenoxy) is 1. The van der Waals surface area contributed by atoms with Gasteiger partial charge in [-0.2, -0.15) is 0 Å². The van der Waals surface area contributed by atoms with Crippen LogP contribution < -0.4 is 0 Å². The van der Waals surface area contributed by atoms with Crippen LogP contribution in [0.25, 0.3) is 0 Å². The van der Waals surface area contributed by atoms with Crippen LogP contribution in [0.15, 0.2) is 89.4 Å². The maximum Gasteiger partial charge on any atom is 0.326 e. The minimum absolute atomic E-state index is 0.255. The van der Waals surface area contributed by atoms with Crippen LogP contribution in [0, 0.1) is 0 Å². The van der Waals surface area contributed by atoms with E-state index in [1.807, 2.05) is 89.8 Å². The Morgan fingerprint density at radius 2 is 1.50 bits per heavy atom. The average molecular weight is 468 g/mol. The molecule has 0 radical (unpaired) electrons. The predicted molar refractivity (Wildman–Crippen MR) is 122 cm³/mol. The van der Waals surface area contributed by atoms with Crippen LogP contribution in [0.4, 0.5) is 0 Å². The molecule has 30 heavy (non-hydrogen) atoms. The highest BCUT2D eigenvalue weighted by molar-refractivity contribution is 9.10. The van der Waals surface area contributed by atoms with Gasteiger partial charge in [-0.1, -0.05) is 88.7 Å². The Morgan fingerprint density at radius 1 is 0.933 bits per heavy atom. The Morgan fingerprint density at radius 3 is 2.00 bits per heavy atom. The van der Waals surface area contributed by atoms with Crippen molar-refractivity contribution < 1.29 is 14.6 Å². The third-order valence-electron chi connectivity index (χ3n) is 4.87. The topological polar surface area (TPSA) is 49.8 Å². The largest absolute Gasteiger partial charge is 0.465 e. The van der Waals surface area contributed by atoms with Gasteiger partial charge in [0.2, 0.25) is 0 Å². The lowest BCUT2D eigenvalue weighted by atomic mass is 9.99. The highest BCUT2D eigenvalue weighted by Crippen LogP contribution is 2.27. The molecule has 1 N–H and O–H groups in total. The van der Waals surface area contributed by atoms with E-state index in [9.17, 15) is 9.90 Å². The van der Waals surface area contributed by atoms with Crippen molar-refractivity contribution in [3.8, 4) is 0 Å². The molecular weight excluding hydrogens is 442 g/mol. The van der Waals surface area contributed by atoms with Crippen LogP contribution in [0.2, 0.25) is 0 Å². The van der Waals surface area contributed by atoms with E-state index in [2.05, 4.69) is 15.9 Å². The van der Waals surface area contributed by atoms with Gasteiger partial charge < -0.3 is 9.84 Å². The van der Waals surface area contributed by atoms with Gasteiger partial charge in [-0.3, -0.25) is 9.69 Å². The van der Waals surface area contributed by atoms with Crippen molar-refractivity contribution in [3.05, 3.63) is 106 Å². The zero-order valence-corrected chi connectivity index (χ0v) is 18.5. The molecule has 0 spiro atoms. The van der Waals surface area contributed by atoms with Crippen molar-refractivity contribution in [2.75, 3.05) is 6.61 Å². The summed E-state index contributed by atoms with van der Waals surface area (Å²) < 4.78 is 6.23. The smallest absolute Gasteiger partial charge is 0.326 e. The summed E-state index contributed by atoms with van der Waals surface area (Å²) in [4.78, 5) is 15.0. The fraction of sp³-hybridized carbons (Fsp3) is 0.240. The van der Waals surface area contributed by atoms with Crippen LogP contribution >= 0.6 is 15.9 Å². The minimum atomic E-state index is -1.03. The standard InChI is InChI=1S/C25H26BrNO3/c1-2-30-25(29)23(24(28)21-14-9-15-22(26)16-21)27(17-19-10-5-3-6-11-19)18-20-12-7-4-8-13-20/h3-16,23-24,28H,2,17-18H2,1H3/t23-,24+/m0/s1. The number of hydrogen-bond donors (Lipinski definition) is 1. The summed E-state index contributed by atoms with van der Waals surface area (Å²) in [6, 6.07) is 26.4. The zero-order chi connectivity index (χ0) is 21.3. The van der Waals surface area contributed by atoms with E-state index in [4.69, 9.17) is 4.74 Å². The van der Waals surface area contributed by atoms with Gasteiger partial charge in [-0.25, -0.2) is 0 Å². The monoisotopic (exact) mass is 467 g/mol. The Labute approximate surface area is 186 Å². The molecule has 0 amide bonds. The predicted octanol–water partition coefficient (Wildman–Crippen LogP) is 5.12. The maximum atomic E-state index is 13.0. The molecule has 3 aromatic carbocycles. The second-order valence-corrected chi connectivity index (χ2v) is 7.99. The second-order valence-electron chi connectivity index (χ2n) is 7.07. The molecule has 0 bridgehead atoms. The number of rotatable bonds is 9. The number of aliphatic hydroxyl groups excluding tert-OH is 1. The number of carbonyl (C=O) groups is 1. The Hall–Kier alpha value is -2.47. The van der Waals surface area contributed by atoms with E-state index in [1.165, 1.54) is 0 Å². The van der Waals surface area contributed by atoms with E-state index in [1.54, 1.807) is 6.92 Å². The number of esters is 1. The lowest BCUT2D eigenvalue weighted by Gasteiger charge is -2.33. The van der Waals surface area contributed by atoms with Crippen LogP contribution in [0.5, 0.6) is 0 Å². The van der Waals surface area contributed by atoms with Crippen LogP contribution in [0.1, 0.15) is 29.7 Å². The molecule has 3 aromatic rings. The van der Waals surface area contributed by atoms with Crippen molar-refractivity contribution >= 4 is 21.9 Å². The van der Waals surface area contributed by atoms with Gasteiger partial charge in [0, 0.05) is 17.6 Å². The average Bonchev–Trinajstić information content (AvgIpc) is 2.75. The Bertz CT molecular complexity index is 892. The van der Waals surface area contributed by atoms with E-state index in [0.717, 1.165) is 15.6 Å². The minimum Gasteiger partial charge on any atom is -0.465 e. The first-order valence-corrected chi connectivity index (χ1v) is 10.8. The number of hydrogen-bond acceptors (Lipinski definition) is 4. The lowest BCUT2D eigenvalue weighted by molar-refractivity contribution is -0.155. The normalized spacial score (nSPS) is 13.1. The number of aliphatic hydroxyl groups is 1. The van der Waals surface area contributed by atoms with E-state index < -0.39 is 18.1 Å². The molecule has 0 unspecified atom stereocenters. The number of halogens is 1. The molecule has 0 saturated heterocycles. The molecule has 0 aliphatic carbocycles. The van der Waals surface area contributed by atoms with Gasteiger partial charge in [-0.15, -0.1) is 0 Å². The van der Waals surface area contributed by atoms with Crippen molar-refractivity contribution in [3.63, 3.8) is 0 Å². The molecule has 4 nitrogen and oxygen atoms in total. The summed E-state index contributed by atoms with van der Waals surface area (Å²) in [6.07, 6.45) is -1.03. The summed E-state index contributed by atoms with van der Waals surface area (Å²) >= 11 is 3.45. The molecule has 3 rings (SSSR count). The summed E-state index contributed by atoms with van der Waals surface area (Å²) in [5, 5.41) is 11.3. The molecule has 156 valence electrons. The van der Waals surface area contributed by atoms with Gasteiger partial charge in [0.1, 0.15) is 12.1 Å². The van der Waals surface area contributed by atoms with Crippen molar-refractivity contribution in [1.82, 2.24) is 4.90 Å². The van der Waals surface area contributed by atoms with Crippen LogP contribution in [-0.2, 0) is 22.6 Å². The van der Waals surface area contributed by atoms with Crippen molar-refractivity contribution in [2.45, 2.75) is 32.2 Å². The zero-order valence-electron chi connectivity index (χ0n) is 16.9. The number of carbonyl (C=O) groups excluding carboxylic acids is 1. The first-order chi connectivity index (χ1) is 14.6. The quantitative estimate of drug-likeness (QED) is 0.443. The molecule has 5 heteroatoms. The van der Waals surface area contributed by atoms with E-state index >= 15 is 0 Å². The fourth-order valence-corrected chi connectivity index (χ4v) is 3.88. The van der Waals surface area contributed by atoms with Crippen molar-refractivity contribution in [2.24, 2.45) is 0 Å². The number of benzene rings is 3. The fourth-order valence-electron chi connectivity index (χ4n) is 3.47. The van der Waals surface area contributed by atoms with E-state index in [-0.39, 0.29) is 6.61 Å². The Balaban J connectivity index is 1.99. The van der Waals surface area contributed by atoms with Gasteiger partial charge in [0.15, 0.2) is 0 Å². The lowest BCUT2D eigenvalue weighted by Crippen LogP contribution is -2.45. The van der Waals surface area contributed by atoms with Crippen LogP contribution in [0.3, 0.4) is 0 Å². The summed E-state index contributed by atoms with van der Waals surface area (Å²) in [5.74, 6) is -0.433. The van der Waals surface area contributed by atoms with Gasteiger partial charge in [0.25, 0.3) is 0 Å². The SMILES string of the molecule is CCOC(=O)[C@H]([C@H](O)c1cccc(Br)c1)N(Cc1ccccc1)Cc1ccccc1. The van der Waals surface area contributed by atoms with Gasteiger partial charge >= 0.3 is 5.97 Å². The van der Waals surface area contributed by atoms with E-state index in [0.29, 0.717) is 18.7 Å².